The molecule has 0 radical (unpaired) electrons. The standard InChI is InChI=1S/C22H30F3N7O2/c1-12-17-18(31(5)15(19(33)29-17)11-34-21(2,3)4)30-20(27-12)28-14-8-13(9-14)10-32-16(6-7-26-32)22(23,24)25/h6-7,13-15H,8-11H2,1-5H3,(H,29,33)(H,27,28,30)/t13?,14?,15-/m0/s1. The highest BCUT2D eigenvalue weighted by atomic mass is 19.4. The number of nitrogens with one attached hydrogen (secondary N) is 2. The highest BCUT2D eigenvalue weighted by molar-refractivity contribution is 6.03. The number of carbonyl (C=O) groups excluding carboxylic acids is 1. The second-order valence-electron chi connectivity index (χ2n) is 9.95. The Morgan fingerprint density at radius 2 is 1.94 bits per heavy atom. The Kier molecular flexibility index (Phi) is 6.21. The molecule has 1 aliphatic heterocycles. The Labute approximate surface area is 196 Å². The molecule has 2 N–H and O–H groups in total. The number of alkyl halides is 3. The molecule has 2 aromatic rings. The monoisotopic (exact) mass is 481 g/mol. The number of halogens is 3. The number of nitrogens with zero attached hydrogens (tertiary/aromatic N) is 5. The van der Waals surface area contributed by atoms with Gasteiger partial charge in [0.25, 0.3) is 0 Å². The van der Waals surface area contributed by atoms with Gasteiger partial charge in [0.2, 0.25) is 11.9 Å². The first-order valence-corrected chi connectivity index (χ1v) is 11.2. The van der Waals surface area contributed by atoms with Gasteiger partial charge in [-0.05, 0) is 52.5 Å². The minimum Gasteiger partial charge on any atom is -0.373 e. The molecule has 0 aromatic carbocycles. The molecule has 9 nitrogen and oxygen atoms in total. The van der Waals surface area contributed by atoms with Crippen molar-refractivity contribution in [3.8, 4) is 0 Å². The van der Waals surface area contributed by atoms with Crippen LogP contribution in [-0.2, 0) is 22.3 Å². The van der Waals surface area contributed by atoms with E-state index in [1.807, 2.05) is 20.8 Å². The first kappa shape index (κ1) is 24.2. The summed E-state index contributed by atoms with van der Waals surface area (Å²) in [6, 6.07) is 0.516. The van der Waals surface area contributed by atoms with Crippen LogP contribution < -0.4 is 15.5 Å². The number of aromatic nitrogens is 4. The third kappa shape index (κ3) is 5.11. The van der Waals surface area contributed by atoms with Crippen molar-refractivity contribution in [3.63, 3.8) is 0 Å². The van der Waals surface area contributed by atoms with Gasteiger partial charge < -0.3 is 20.3 Å². The Balaban J connectivity index is 1.40. The first-order chi connectivity index (χ1) is 15.8. The van der Waals surface area contributed by atoms with Crippen molar-refractivity contribution in [2.24, 2.45) is 5.92 Å². The van der Waals surface area contributed by atoms with Gasteiger partial charge in [-0.2, -0.15) is 23.3 Å². The maximum Gasteiger partial charge on any atom is 0.433 e. The van der Waals surface area contributed by atoms with Crippen LogP contribution in [-0.4, -0.2) is 57.0 Å². The number of ether oxygens (including phenoxy) is 1. The summed E-state index contributed by atoms with van der Waals surface area (Å²) in [6.07, 6.45) is -1.86. The van der Waals surface area contributed by atoms with E-state index in [9.17, 15) is 18.0 Å². The van der Waals surface area contributed by atoms with Crippen LogP contribution in [0.1, 0.15) is 45.0 Å². The summed E-state index contributed by atoms with van der Waals surface area (Å²) in [5, 5.41) is 10.00. The lowest BCUT2D eigenvalue weighted by molar-refractivity contribution is -0.144. The number of carbonyl (C=O) groups is 1. The summed E-state index contributed by atoms with van der Waals surface area (Å²) < 4.78 is 46.0. The second-order valence-corrected chi connectivity index (χ2v) is 9.95. The molecular formula is C22H30F3N7O2. The largest absolute Gasteiger partial charge is 0.433 e. The number of amides is 1. The smallest absolute Gasteiger partial charge is 0.373 e. The fraction of sp³-hybridized carbons (Fsp3) is 0.636. The third-order valence-corrected chi connectivity index (χ3v) is 6.10. The molecule has 4 rings (SSSR count). The molecule has 1 amide bonds. The highest BCUT2D eigenvalue weighted by Crippen LogP contribution is 2.36. The number of hydrogen-bond donors (Lipinski definition) is 2. The molecule has 1 aliphatic carbocycles. The summed E-state index contributed by atoms with van der Waals surface area (Å²) in [7, 11) is 1.80. The van der Waals surface area contributed by atoms with Gasteiger partial charge >= 0.3 is 6.18 Å². The molecule has 1 saturated carbocycles. The van der Waals surface area contributed by atoms with Gasteiger partial charge in [-0.3, -0.25) is 9.48 Å². The van der Waals surface area contributed by atoms with E-state index in [0.717, 1.165) is 10.7 Å². The molecule has 0 unspecified atom stereocenters. The highest BCUT2D eigenvalue weighted by Gasteiger charge is 2.38. The maximum atomic E-state index is 13.1. The number of hydrogen-bond acceptors (Lipinski definition) is 7. The predicted molar refractivity (Wildman–Crippen MR) is 121 cm³/mol. The van der Waals surface area contributed by atoms with E-state index in [4.69, 9.17) is 4.74 Å². The molecule has 34 heavy (non-hydrogen) atoms. The average Bonchev–Trinajstić information content (AvgIpc) is 3.15. The van der Waals surface area contributed by atoms with Crippen LogP contribution in [0.15, 0.2) is 12.3 Å². The van der Waals surface area contributed by atoms with E-state index in [1.165, 1.54) is 6.20 Å². The first-order valence-electron chi connectivity index (χ1n) is 11.2. The van der Waals surface area contributed by atoms with Crippen molar-refractivity contribution >= 4 is 23.4 Å². The van der Waals surface area contributed by atoms with Crippen LogP contribution in [0.4, 0.5) is 30.6 Å². The van der Waals surface area contributed by atoms with E-state index < -0.39 is 17.9 Å². The zero-order chi connectivity index (χ0) is 24.8. The molecule has 1 fully saturated rings. The number of fused-ring (bicyclic) bond motifs is 1. The van der Waals surface area contributed by atoms with Crippen LogP contribution in [0.25, 0.3) is 0 Å². The normalized spacial score (nSPS) is 22.8. The zero-order valence-corrected chi connectivity index (χ0v) is 19.9. The van der Waals surface area contributed by atoms with E-state index >= 15 is 0 Å². The van der Waals surface area contributed by atoms with Crippen molar-refractivity contribution in [2.45, 2.75) is 70.9 Å². The summed E-state index contributed by atoms with van der Waals surface area (Å²) in [5.41, 5.74) is 0.0840. The van der Waals surface area contributed by atoms with Crippen molar-refractivity contribution in [2.75, 3.05) is 29.2 Å². The van der Waals surface area contributed by atoms with Crippen molar-refractivity contribution in [1.29, 1.82) is 0 Å². The van der Waals surface area contributed by atoms with Crippen LogP contribution in [0.5, 0.6) is 0 Å². The van der Waals surface area contributed by atoms with Crippen LogP contribution in [0, 0.1) is 12.8 Å². The van der Waals surface area contributed by atoms with Gasteiger partial charge in [0.05, 0.1) is 17.9 Å². The van der Waals surface area contributed by atoms with Gasteiger partial charge in [0.1, 0.15) is 17.4 Å². The van der Waals surface area contributed by atoms with Crippen LogP contribution in [0.2, 0.25) is 0 Å². The van der Waals surface area contributed by atoms with E-state index in [0.29, 0.717) is 36.0 Å². The minimum atomic E-state index is -4.41. The number of rotatable bonds is 6. The summed E-state index contributed by atoms with van der Waals surface area (Å²) in [5.74, 6) is 0.927. The molecule has 186 valence electrons. The third-order valence-electron chi connectivity index (χ3n) is 6.10. The molecule has 2 aromatic heterocycles. The number of likely N-dealkylation sites (N-methyl/N-ethyl adjacent to an activating group) is 1. The Morgan fingerprint density at radius 3 is 2.59 bits per heavy atom. The van der Waals surface area contributed by atoms with Crippen molar-refractivity contribution in [1.82, 2.24) is 19.7 Å². The molecule has 3 heterocycles. The molecule has 1 atom stereocenters. The Hall–Kier alpha value is -2.89. The lowest BCUT2D eigenvalue weighted by Crippen LogP contribution is -2.50. The molecule has 12 heteroatoms. The molecule has 2 aliphatic rings. The van der Waals surface area contributed by atoms with Gasteiger partial charge in [-0.15, -0.1) is 0 Å². The van der Waals surface area contributed by atoms with Gasteiger partial charge in [-0.1, -0.05) is 0 Å². The Morgan fingerprint density at radius 1 is 1.24 bits per heavy atom. The molecule has 0 bridgehead atoms. The fourth-order valence-electron chi connectivity index (χ4n) is 4.22. The fourth-order valence-corrected chi connectivity index (χ4v) is 4.22. The summed E-state index contributed by atoms with van der Waals surface area (Å²) >= 11 is 0. The van der Waals surface area contributed by atoms with E-state index in [-0.39, 0.29) is 36.6 Å². The number of anilines is 3. The van der Waals surface area contributed by atoms with E-state index in [2.05, 4.69) is 25.7 Å². The van der Waals surface area contributed by atoms with Gasteiger partial charge in [0, 0.05) is 25.8 Å². The predicted octanol–water partition coefficient (Wildman–Crippen LogP) is 3.46. The van der Waals surface area contributed by atoms with Gasteiger partial charge in [-0.25, -0.2) is 4.98 Å². The van der Waals surface area contributed by atoms with Crippen molar-refractivity contribution in [3.05, 3.63) is 23.7 Å². The minimum absolute atomic E-state index is 0.0517. The number of aryl methyl sites for hydroxylation is 1. The van der Waals surface area contributed by atoms with Crippen molar-refractivity contribution < 1.29 is 22.7 Å². The van der Waals surface area contributed by atoms with Crippen LogP contribution >= 0.6 is 0 Å². The Bertz CT molecular complexity index is 1060. The second kappa shape index (κ2) is 8.71. The lowest BCUT2D eigenvalue weighted by Gasteiger charge is -2.38. The summed E-state index contributed by atoms with van der Waals surface area (Å²) in [6.45, 7) is 8.02. The topological polar surface area (TPSA) is 97.2 Å². The molecule has 0 saturated heterocycles. The quantitative estimate of drug-likeness (QED) is 0.652. The van der Waals surface area contributed by atoms with Gasteiger partial charge in [0.15, 0.2) is 5.82 Å². The van der Waals surface area contributed by atoms with E-state index in [1.54, 1.807) is 18.9 Å². The maximum absolute atomic E-state index is 13.1. The lowest BCUT2D eigenvalue weighted by atomic mass is 9.80. The molecular weight excluding hydrogens is 451 g/mol. The summed E-state index contributed by atoms with van der Waals surface area (Å²) in [4.78, 5) is 23.5. The average molecular weight is 482 g/mol. The zero-order valence-electron chi connectivity index (χ0n) is 19.9. The molecule has 0 spiro atoms. The van der Waals surface area contributed by atoms with Crippen LogP contribution in [0.3, 0.4) is 0 Å². The SMILES string of the molecule is Cc1nc(NC2CC(Cn3nccc3C(F)(F)F)C2)nc2c1NC(=O)[C@H](COC(C)(C)C)N2C.